The van der Waals surface area contributed by atoms with Gasteiger partial charge in [-0.2, -0.15) is 0 Å². The number of carboxylic acids is 1. The molecule has 0 saturated heterocycles. The second-order valence-corrected chi connectivity index (χ2v) is 5.93. The van der Waals surface area contributed by atoms with Gasteiger partial charge in [0.05, 0.1) is 6.54 Å². The van der Waals surface area contributed by atoms with Gasteiger partial charge in [0.1, 0.15) is 18.1 Å². The number of phenolic OH excluding ortho intramolecular Hbond substituents is 1. The molecule has 0 unspecified atom stereocenters. The van der Waals surface area contributed by atoms with Crippen LogP contribution in [0, 0.1) is 6.92 Å². The minimum Gasteiger partial charge on any atom is -0.508 e. The van der Waals surface area contributed by atoms with E-state index in [0.29, 0.717) is 13.2 Å². The van der Waals surface area contributed by atoms with Crippen LogP contribution in [0.2, 0.25) is 0 Å². The highest BCUT2D eigenvalue weighted by molar-refractivity contribution is 5.69. The molecule has 0 aromatic heterocycles. The number of carbonyl (C=O) groups is 1. The number of rotatable bonds is 8. The third-order valence-corrected chi connectivity index (χ3v) is 3.79. The summed E-state index contributed by atoms with van der Waals surface area (Å²) >= 11 is 0. The van der Waals surface area contributed by atoms with Crippen molar-refractivity contribution in [1.82, 2.24) is 4.90 Å². The lowest BCUT2D eigenvalue weighted by Crippen LogP contribution is -2.27. The molecule has 0 spiro atoms. The first-order chi connectivity index (χ1) is 11.4. The molecular weight excluding hydrogens is 306 g/mol. The van der Waals surface area contributed by atoms with Crippen LogP contribution < -0.4 is 4.74 Å². The summed E-state index contributed by atoms with van der Waals surface area (Å²) < 4.78 is 5.72. The van der Waals surface area contributed by atoms with Crippen LogP contribution in [0.4, 0.5) is 0 Å². The Morgan fingerprint density at radius 3 is 2.42 bits per heavy atom. The number of benzene rings is 2. The Labute approximate surface area is 142 Å². The molecule has 0 saturated carbocycles. The van der Waals surface area contributed by atoms with Crippen molar-refractivity contribution in [2.45, 2.75) is 20.0 Å². The number of nitrogens with zero attached hydrogens (tertiary/aromatic N) is 1. The maximum absolute atomic E-state index is 10.6. The summed E-state index contributed by atoms with van der Waals surface area (Å²) in [6, 6.07) is 13.3. The number of aromatic hydroxyl groups is 1. The molecule has 2 N–H and O–H groups in total. The minimum absolute atomic E-state index is 0.0462. The van der Waals surface area contributed by atoms with E-state index in [1.165, 1.54) is 0 Å². The van der Waals surface area contributed by atoms with Gasteiger partial charge in [0, 0.05) is 6.54 Å². The summed E-state index contributed by atoms with van der Waals surface area (Å²) in [4.78, 5) is 12.4. The lowest BCUT2D eigenvalue weighted by molar-refractivity contribution is -0.137. The van der Waals surface area contributed by atoms with Crippen LogP contribution in [0.3, 0.4) is 0 Å². The van der Waals surface area contributed by atoms with Crippen molar-refractivity contribution >= 4 is 5.97 Å². The molecule has 2 aromatic carbocycles. The summed E-state index contributed by atoms with van der Waals surface area (Å²) in [5.41, 5.74) is 2.89. The highest BCUT2D eigenvalue weighted by Crippen LogP contribution is 2.19. The van der Waals surface area contributed by atoms with Crippen LogP contribution in [0.25, 0.3) is 0 Å². The Bertz CT molecular complexity index is 682. The Hall–Kier alpha value is -2.53. The number of hydrogen-bond acceptors (Lipinski definition) is 4. The molecule has 0 bridgehead atoms. The first-order valence-electron chi connectivity index (χ1n) is 7.84. The van der Waals surface area contributed by atoms with Crippen molar-refractivity contribution in [3.63, 3.8) is 0 Å². The van der Waals surface area contributed by atoms with Gasteiger partial charge in [0.15, 0.2) is 0 Å². The summed E-state index contributed by atoms with van der Waals surface area (Å²) in [5.74, 6) is 0.220. The van der Waals surface area contributed by atoms with Crippen molar-refractivity contribution in [3.05, 3.63) is 59.2 Å². The molecule has 2 aromatic rings. The van der Waals surface area contributed by atoms with E-state index in [1.54, 1.807) is 18.0 Å². The average molecular weight is 329 g/mol. The molecule has 0 aliphatic rings. The minimum atomic E-state index is -0.816. The second kappa shape index (κ2) is 8.36. The summed E-state index contributed by atoms with van der Waals surface area (Å²) in [6.45, 7) is 2.99. The van der Waals surface area contributed by atoms with Crippen molar-refractivity contribution in [2.24, 2.45) is 0 Å². The molecule has 0 fully saturated rings. The normalized spacial score (nSPS) is 10.8. The number of ether oxygens (including phenoxy) is 1. The number of hydrogen-bond donors (Lipinski definition) is 2. The monoisotopic (exact) mass is 329 g/mol. The van der Waals surface area contributed by atoms with Crippen molar-refractivity contribution in [3.8, 4) is 11.5 Å². The maximum atomic E-state index is 10.6. The van der Waals surface area contributed by atoms with E-state index >= 15 is 0 Å². The van der Waals surface area contributed by atoms with E-state index < -0.39 is 5.97 Å². The zero-order valence-corrected chi connectivity index (χ0v) is 14.0. The van der Waals surface area contributed by atoms with E-state index in [1.807, 2.05) is 43.3 Å². The highest BCUT2D eigenvalue weighted by Gasteiger charge is 2.05. The van der Waals surface area contributed by atoms with Gasteiger partial charge in [-0.1, -0.05) is 24.3 Å². The smallest absolute Gasteiger partial charge is 0.317 e. The first-order valence-corrected chi connectivity index (χ1v) is 7.84. The number of phenols is 1. The predicted octanol–water partition coefficient (Wildman–Crippen LogP) is 2.84. The Morgan fingerprint density at radius 2 is 1.79 bits per heavy atom. The van der Waals surface area contributed by atoms with Crippen molar-refractivity contribution < 1.29 is 19.7 Å². The fourth-order valence-electron chi connectivity index (χ4n) is 2.29. The van der Waals surface area contributed by atoms with Crippen molar-refractivity contribution in [2.75, 3.05) is 20.1 Å². The fraction of sp³-hybridized carbons (Fsp3) is 0.316. The second-order valence-electron chi connectivity index (χ2n) is 5.93. The molecule has 0 heterocycles. The molecular formula is C19H23NO4. The third-order valence-electron chi connectivity index (χ3n) is 3.79. The van der Waals surface area contributed by atoms with Gasteiger partial charge in [0.25, 0.3) is 0 Å². The van der Waals surface area contributed by atoms with Gasteiger partial charge in [-0.05, 0) is 55.3 Å². The molecule has 5 nitrogen and oxygen atoms in total. The van der Waals surface area contributed by atoms with E-state index in [9.17, 15) is 9.90 Å². The largest absolute Gasteiger partial charge is 0.508 e. The summed E-state index contributed by atoms with van der Waals surface area (Å²) in [6.07, 6.45) is 0.788. The summed E-state index contributed by atoms with van der Waals surface area (Å²) in [5, 5.41) is 18.4. The third kappa shape index (κ3) is 5.59. The molecule has 0 radical (unpaired) electrons. The number of aryl methyl sites for hydroxylation is 1. The van der Waals surface area contributed by atoms with Crippen LogP contribution in [-0.2, 0) is 17.8 Å². The Balaban J connectivity index is 1.83. The molecule has 0 aliphatic carbocycles. The summed E-state index contributed by atoms with van der Waals surface area (Å²) in [7, 11) is 1.79. The first kappa shape index (κ1) is 17.8. The van der Waals surface area contributed by atoms with E-state index in [-0.39, 0.29) is 12.3 Å². The van der Waals surface area contributed by atoms with E-state index in [2.05, 4.69) is 0 Å². The quantitative estimate of drug-likeness (QED) is 0.779. The molecule has 128 valence electrons. The van der Waals surface area contributed by atoms with Gasteiger partial charge in [-0.25, -0.2) is 0 Å². The predicted molar refractivity (Wildman–Crippen MR) is 92.5 cm³/mol. The van der Waals surface area contributed by atoms with Crippen LogP contribution in [-0.4, -0.2) is 41.2 Å². The van der Waals surface area contributed by atoms with Gasteiger partial charge < -0.3 is 14.9 Å². The van der Waals surface area contributed by atoms with Crippen LogP contribution in [0.5, 0.6) is 11.5 Å². The Kier molecular flexibility index (Phi) is 6.21. The van der Waals surface area contributed by atoms with E-state index in [0.717, 1.165) is 28.9 Å². The Morgan fingerprint density at radius 1 is 1.12 bits per heavy atom. The van der Waals surface area contributed by atoms with E-state index in [4.69, 9.17) is 9.84 Å². The topological polar surface area (TPSA) is 70.0 Å². The molecule has 0 amide bonds. The van der Waals surface area contributed by atoms with Gasteiger partial charge in [-0.3, -0.25) is 9.69 Å². The number of likely N-dealkylation sites (N-methyl/N-ethyl adjacent to an activating group) is 1. The zero-order chi connectivity index (χ0) is 17.5. The SMILES string of the molecule is Cc1ccc(COc2ccc(CCN(C)CC(=O)O)cc2)cc1O. The molecule has 0 atom stereocenters. The van der Waals surface area contributed by atoms with Crippen LogP contribution in [0.1, 0.15) is 16.7 Å². The standard InChI is InChI=1S/C19H23NO4/c1-14-3-4-16(11-18(14)21)13-24-17-7-5-15(6-8-17)9-10-20(2)12-19(22)23/h3-8,11,21H,9-10,12-13H2,1-2H3,(H,22,23). The van der Waals surface area contributed by atoms with Gasteiger partial charge in [0.2, 0.25) is 0 Å². The van der Waals surface area contributed by atoms with Crippen molar-refractivity contribution in [1.29, 1.82) is 0 Å². The number of carboxylic acid groups (broad SMARTS) is 1. The average Bonchev–Trinajstić information content (AvgIpc) is 2.54. The molecule has 5 heteroatoms. The molecule has 0 aliphatic heterocycles. The molecule has 2 rings (SSSR count). The highest BCUT2D eigenvalue weighted by atomic mass is 16.5. The van der Waals surface area contributed by atoms with Crippen LogP contribution >= 0.6 is 0 Å². The van der Waals surface area contributed by atoms with Crippen LogP contribution in [0.15, 0.2) is 42.5 Å². The van der Waals surface area contributed by atoms with Gasteiger partial charge in [-0.15, -0.1) is 0 Å². The lowest BCUT2D eigenvalue weighted by atomic mass is 10.1. The number of aliphatic carboxylic acids is 1. The zero-order valence-electron chi connectivity index (χ0n) is 14.0. The maximum Gasteiger partial charge on any atom is 0.317 e. The molecule has 24 heavy (non-hydrogen) atoms. The van der Waals surface area contributed by atoms with Gasteiger partial charge >= 0.3 is 5.97 Å². The fourth-order valence-corrected chi connectivity index (χ4v) is 2.29. The lowest BCUT2D eigenvalue weighted by Gasteiger charge is -2.14.